The van der Waals surface area contributed by atoms with Crippen LogP contribution in [0.15, 0.2) is 24.3 Å². The highest BCUT2D eigenvalue weighted by Crippen LogP contribution is 2.29. The summed E-state index contributed by atoms with van der Waals surface area (Å²) in [6, 6.07) is 6.96. The van der Waals surface area contributed by atoms with E-state index in [4.69, 9.17) is 4.74 Å². The van der Waals surface area contributed by atoms with Gasteiger partial charge in [0.25, 0.3) is 0 Å². The summed E-state index contributed by atoms with van der Waals surface area (Å²) < 4.78 is 5.25. The maximum Gasteiger partial charge on any atom is 0.408 e. The van der Waals surface area contributed by atoms with E-state index in [1.807, 2.05) is 45.0 Å². The third-order valence-electron chi connectivity index (χ3n) is 5.06. The van der Waals surface area contributed by atoms with Crippen molar-refractivity contribution < 1.29 is 19.1 Å². The number of unbranched alkanes of at least 4 members (excludes halogenated alkanes) is 2. The fourth-order valence-corrected chi connectivity index (χ4v) is 3.49. The van der Waals surface area contributed by atoms with Gasteiger partial charge < -0.3 is 20.3 Å². The molecule has 1 atom stereocenters. The number of ether oxygens (including phenoxy) is 1. The molecule has 0 aliphatic rings. The molecule has 0 aliphatic heterocycles. The highest BCUT2D eigenvalue weighted by molar-refractivity contribution is 5.91. The van der Waals surface area contributed by atoms with E-state index in [9.17, 15) is 14.4 Å². The SMILES string of the molecule is CCCCCNC(=O)C(c1ccc(CC)cc1)N(C(=O)CNC(=O)OC(C)(C)C)C(C)(C)C. The Balaban J connectivity index is 3.20. The average molecular weight is 462 g/mol. The molecule has 186 valence electrons. The highest BCUT2D eigenvalue weighted by atomic mass is 16.6. The fraction of sp³-hybridized carbons (Fsp3) is 0.654. The molecule has 0 saturated heterocycles. The molecule has 0 fully saturated rings. The second-order valence-electron chi connectivity index (χ2n) is 10.3. The van der Waals surface area contributed by atoms with Crippen molar-refractivity contribution in [1.29, 1.82) is 0 Å². The van der Waals surface area contributed by atoms with Gasteiger partial charge in [0.1, 0.15) is 18.2 Å². The van der Waals surface area contributed by atoms with Gasteiger partial charge in [-0.15, -0.1) is 0 Å². The number of amides is 3. The third-order valence-corrected chi connectivity index (χ3v) is 5.06. The molecule has 7 nitrogen and oxygen atoms in total. The van der Waals surface area contributed by atoms with Crippen LogP contribution < -0.4 is 10.6 Å². The number of hydrogen-bond acceptors (Lipinski definition) is 4. The maximum absolute atomic E-state index is 13.4. The molecule has 1 aromatic rings. The molecule has 0 saturated carbocycles. The monoisotopic (exact) mass is 461 g/mol. The van der Waals surface area contributed by atoms with E-state index >= 15 is 0 Å². The second-order valence-corrected chi connectivity index (χ2v) is 10.3. The topological polar surface area (TPSA) is 87.7 Å². The number of rotatable bonds is 10. The van der Waals surface area contributed by atoms with Gasteiger partial charge in [-0.05, 0) is 65.5 Å². The Morgan fingerprint density at radius 2 is 1.55 bits per heavy atom. The standard InChI is InChI=1S/C26H43N3O4/c1-9-11-12-17-27-23(31)22(20-15-13-19(10-2)14-16-20)29(25(3,4)5)21(30)18-28-24(32)33-26(6,7)8/h13-16,22H,9-12,17-18H2,1-8H3,(H,27,31)(H,28,32). The molecule has 1 unspecified atom stereocenters. The maximum atomic E-state index is 13.4. The summed E-state index contributed by atoms with van der Waals surface area (Å²) in [5.74, 6) is -0.586. The number of carbonyl (C=O) groups is 3. The van der Waals surface area contributed by atoms with Crippen LogP contribution in [0.3, 0.4) is 0 Å². The first kappa shape index (κ1) is 28.5. The van der Waals surface area contributed by atoms with Crippen LogP contribution in [-0.2, 0) is 20.7 Å². The van der Waals surface area contributed by atoms with Gasteiger partial charge in [-0.2, -0.15) is 0 Å². The van der Waals surface area contributed by atoms with Gasteiger partial charge in [0.2, 0.25) is 11.8 Å². The summed E-state index contributed by atoms with van der Waals surface area (Å²) >= 11 is 0. The number of nitrogens with one attached hydrogen (secondary N) is 2. The minimum absolute atomic E-state index is 0.226. The Bertz CT molecular complexity index is 776. The zero-order valence-electron chi connectivity index (χ0n) is 21.7. The molecule has 1 aromatic carbocycles. The summed E-state index contributed by atoms with van der Waals surface area (Å²) in [7, 11) is 0. The second kappa shape index (κ2) is 12.6. The highest BCUT2D eigenvalue weighted by Gasteiger charge is 2.38. The summed E-state index contributed by atoms with van der Waals surface area (Å²) in [6.45, 7) is 15.4. The lowest BCUT2D eigenvalue weighted by Crippen LogP contribution is -2.55. The largest absolute Gasteiger partial charge is 0.444 e. The normalized spacial score (nSPS) is 12.6. The molecule has 0 radical (unpaired) electrons. The quantitative estimate of drug-likeness (QED) is 0.492. The first-order chi connectivity index (χ1) is 15.3. The van der Waals surface area contributed by atoms with Crippen molar-refractivity contribution >= 4 is 17.9 Å². The smallest absolute Gasteiger partial charge is 0.408 e. The Morgan fingerprint density at radius 1 is 0.939 bits per heavy atom. The number of carbonyl (C=O) groups excluding carboxylic acids is 3. The van der Waals surface area contributed by atoms with Crippen molar-refractivity contribution in [3.05, 3.63) is 35.4 Å². The van der Waals surface area contributed by atoms with Gasteiger partial charge in [-0.3, -0.25) is 9.59 Å². The first-order valence-corrected chi connectivity index (χ1v) is 12.0. The van der Waals surface area contributed by atoms with Gasteiger partial charge >= 0.3 is 6.09 Å². The van der Waals surface area contributed by atoms with E-state index < -0.39 is 23.3 Å². The molecule has 0 aromatic heterocycles. The molecule has 33 heavy (non-hydrogen) atoms. The summed E-state index contributed by atoms with van der Waals surface area (Å²) in [4.78, 5) is 40.4. The van der Waals surface area contributed by atoms with Crippen LogP contribution in [0.2, 0.25) is 0 Å². The molecule has 0 bridgehead atoms. The van der Waals surface area contributed by atoms with Crippen molar-refractivity contribution in [2.24, 2.45) is 0 Å². The summed E-state index contributed by atoms with van der Waals surface area (Å²) in [5.41, 5.74) is 0.558. The van der Waals surface area contributed by atoms with E-state index in [-0.39, 0.29) is 18.4 Å². The summed E-state index contributed by atoms with van der Waals surface area (Å²) in [5, 5.41) is 5.53. The van der Waals surface area contributed by atoms with Crippen molar-refractivity contribution in [2.45, 2.75) is 98.3 Å². The van der Waals surface area contributed by atoms with Crippen molar-refractivity contribution in [3.8, 4) is 0 Å². The summed E-state index contributed by atoms with van der Waals surface area (Å²) in [6.07, 6.45) is 3.18. The van der Waals surface area contributed by atoms with Gasteiger partial charge in [-0.25, -0.2) is 4.79 Å². The van der Waals surface area contributed by atoms with Crippen LogP contribution in [0.4, 0.5) is 4.79 Å². The van der Waals surface area contributed by atoms with Gasteiger partial charge in [-0.1, -0.05) is 51.0 Å². The molecule has 0 spiro atoms. The molecule has 0 heterocycles. The lowest BCUT2D eigenvalue weighted by atomic mass is 9.95. The lowest BCUT2D eigenvalue weighted by Gasteiger charge is -2.41. The van der Waals surface area contributed by atoms with Crippen molar-refractivity contribution in [2.75, 3.05) is 13.1 Å². The number of aryl methyl sites for hydroxylation is 1. The van der Waals surface area contributed by atoms with Crippen LogP contribution in [0, 0.1) is 0 Å². The molecular weight excluding hydrogens is 418 g/mol. The van der Waals surface area contributed by atoms with Crippen LogP contribution >= 0.6 is 0 Å². The van der Waals surface area contributed by atoms with E-state index in [2.05, 4.69) is 24.5 Å². The first-order valence-electron chi connectivity index (χ1n) is 12.0. The number of alkyl carbamates (subject to hydrolysis) is 1. The zero-order chi connectivity index (χ0) is 25.2. The Hall–Kier alpha value is -2.57. The van der Waals surface area contributed by atoms with E-state index in [1.54, 1.807) is 25.7 Å². The van der Waals surface area contributed by atoms with Crippen molar-refractivity contribution in [3.63, 3.8) is 0 Å². The lowest BCUT2D eigenvalue weighted by molar-refractivity contribution is -0.145. The average Bonchev–Trinajstić information content (AvgIpc) is 2.71. The molecule has 3 amide bonds. The van der Waals surface area contributed by atoms with Gasteiger partial charge in [0.05, 0.1) is 0 Å². The van der Waals surface area contributed by atoms with E-state index in [0.717, 1.165) is 36.8 Å². The van der Waals surface area contributed by atoms with E-state index in [0.29, 0.717) is 6.54 Å². The van der Waals surface area contributed by atoms with Crippen LogP contribution in [0.1, 0.15) is 91.8 Å². The molecule has 7 heteroatoms. The van der Waals surface area contributed by atoms with Crippen LogP contribution in [-0.4, -0.2) is 47.0 Å². The third kappa shape index (κ3) is 9.84. The van der Waals surface area contributed by atoms with Gasteiger partial charge in [0, 0.05) is 12.1 Å². The molecule has 1 rings (SSSR count). The minimum Gasteiger partial charge on any atom is -0.444 e. The predicted molar refractivity (Wildman–Crippen MR) is 132 cm³/mol. The number of hydrogen-bond donors (Lipinski definition) is 2. The Morgan fingerprint density at radius 3 is 2.03 bits per heavy atom. The van der Waals surface area contributed by atoms with Gasteiger partial charge in [0.15, 0.2) is 0 Å². The van der Waals surface area contributed by atoms with Crippen molar-refractivity contribution in [1.82, 2.24) is 15.5 Å². The van der Waals surface area contributed by atoms with Crippen LogP contribution in [0.25, 0.3) is 0 Å². The minimum atomic E-state index is -0.814. The Labute approximate surface area is 199 Å². The number of nitrogens with zero attached hydrogens (tertiary/aromatic N) is 1. The molecule has 0 aliphatic carbocycles. The molecular formula is C26H43N3O4. The predicted octanol–water partition coefficient (Wildman–Crippen LogP) is 4.75. The zero-order valence-corrected chi connectivity index (χ0v) is 21.7. The Kier molecular flexibility index (Phi) is 10.9. The number of benzene rings is 1. The van der Waals surface area contributed by atoms with Crippen LogP contribution in [0.5, 0.6) is 0 Å². The fourth-order valence-electron chi connectivity index (χ4n) is 3.49. The van der Waals surface area contributed by atoms with E-state index in [1.165, 1.54) is 0 Å². The molecule has 2 N–H and O–H groups in total.